The molecule has 67 heavy (non-hydrogen) atoms. The van der Waals surface area contributed by atoms with Gasteiger partial charge in [-0.25, -0.2) is 4.79 Å². The molecule has 10 heteroatoms. The number of para-hydroxylation sites is 2. The van der Waals surface area contributed by atoms with Crippen molar-refractivity contribution in [2.45, 2.75) is 129 Å². The highest BCUT2D eigenvalue weighted by molar-refractivity contribution is 6.03. The van der Waals surface area contributed by atoms with Gasteiger partial charge in [0.2, 0.25) is 11.6 Å². The number of fused-ring (bicyclic) bond motifs is 3. The molecule has 4 aliphatic heterocycles. The normalized spacial score (nSPS) is 21.4. The highest BCUT2D eigenvalue weighted by Gasteiger charge is 2.43. The third-order valence-electron chi connectivity index (χ3n) is 13.9. The second-order valence-electron chi connectivity index (χ2n) is 19.7. The zero-order valence-corrected chi connectivity index (χ0v) is 41.0. The van der Waals surface area contributed by atoms with Gasteiger partial charge in [0.1, 0.15) is 13.2 Å². The minimum Gasteiger partial charge on any atom is -0.458 e. The number of hydrogen-bond donors (Lipinski definition) is 1. The number of amides is 2. The molecule has 7 rings (SSSR count). The van der Waals surface area contributed by atoms with Crippen molar-refractivity contribution >= 4 is 40.6 Å². The van der Waals surface area contributed by atoms with Crippen LogP contribution in [0.2, 0.25) is 0 Å². The fourth-order valence-corrected chi connectivity index (χ4v) is 10.4. The SMILES string of the molecule is Cc1cc(C)c2c(c1)CC(=NOCC(=O)N1CCCCC1)/C=C/CC/C=C/CC(CCNC(=O)CCCCN1/C(=C/C=C/C3=[N+](C)c4ccccc4C3(C)C)C(C)(C)c3ccccc31)OC2=O. The molecule has 2 amide bonds. The Morgan fingerprint density at radius 1 is 0.925 bits per heavy atom. The number of carbonyl (C=O) groups excluding carboxylic acids is 3. The Morgan fingerprint density at radius 2 is 1.67 bits per heavy atom. The summed E-state index contributed by atoms with van der Waals surface area (Å²) in [5, 5.41) is 7.52. The molecule has 1 unspecified atom stereocenters. The van der Waals surface area contributed by atoms with E-state index in [0.717, 1.165) is 81.3 Å². The summed E-state index contributed by atoms with van der Waals surface area (Å²) in [6.45, 7) is 15.7. The van der Waals surface area contributed by atoms with E-state index in [0.29, 0.717) is 43.5 Å². The molecule has 4 aliphatic rings. The van der Waals surface area contributed by atoms with Crippen molar-refractivity contribution in [3.8, 4) is 0 Å². The molecule has 3 aromatic carbocycles. The number of nitrogens with zero attached hydrogens (tertiary/aromatic N) is 4. The number of ether oxygens (including phenoxy) is 1. The van der Waals surface area contributed by atoms with Crippen molar-refractivity contribution in [1.29, 1.82) is 0 Å². The number of carbonyl (C=O) groups is 3. The highest BCUT2D eigenvalue weighted by Crippen LogP contribution is 2.48. The predicted molar refractivity (Wildman–Crippen MR) is 271 cm³/mol. The van der Waals surface area contributed by atoms with E-state index >= 15 is 0 Å². The molecule has 1 fully saturated rings. The molecule has 0 bridgehead atoms. The lowest BCUT2D eigenvalue weighted by atomic mass is 9.81. The molecule has 0 radical (unpaired) electrons. The van der Waals surface area contributed by atoms with E-state index in [4.69, 9.17) is 9.57 Å². The van der Waals surface area contributed by atoms with Gasteiger partial charge in [-0.1, -0.05) is 97.4 Å². The Hall–Kier alpha value is -6.03. The molecule has 1 N–H and O–H groups in total. The summed E-state index contributed by atoms with van der Waals surface area (Å²) in [7, 11) is 2.15. The van der Waals surface area contributed by atoms with Crippen molar-refractivity contribution in [2.75, 3.05) is 44.7 Å². The Labute approximate surface area is 399 Å². The van der Waals surface area contributed by atoms with Crippen LogP contribution in [0.15, 0.2) is 114 Å². The largest absolute Gasteiger partial charge is 0.458 e. The number of nitrogens with one attached hydrogen (secondary N) is 1. The van der Waals surface area contributed by atoms with Gasteiger partial charge < -0.3 is 24.7 Å². The number of likely N-dealkylation sites (tertiary alicyclic amines) is 1. The lowest BCUT2D eigenvalue weighted by molar-refractivity contribution is -0.401. The topological polar surface area (TPSA) is 104 Å². The first-order chi connectivity index (χ1) is 32.3. The van der Waals surface area contributed by atoms with Gasteiger partial charge in [-0.15, -0.1) is 0 Å². The van der Waals surface area contributed by atoms with E-state index in [1.165, 1.54) is 33.9 Å². The van der Waals surface area contributed by atoms with Crippen LogP contribution in [0.4, 0.5) is 11.4 Å². The monoisotopic (exact) mass is 907 g/mol. The third kappa shape index (κ3) is 11.7. The zero-order chi connectivity index (χ0) is 47.6. The second-order valence-corrected chi connectivity index (χ2v) is 19.7. The van der Waals surface area contributed by atoms with Crippen LogP contribution in [0.3, 0.4) is 0 Å². The summed E-state index contributed by atoms with van der Waals surface area (Å²) in [4.78, 5) is 50.0. The van der Waals surface area contributed by atoms with Crippen LogP contribution in [-0.2, 0) is 36.4 Å². The van der Waals surface area contributed by atoms with E-state index in [2.05, 4.69) is 140 Å². The molecule has 0 aromatic heterocycles. The summed E-state index contributed by atoms with van der Waals surface area (Å²) in [5.74, 6) is -0.451. The van der Waals surface area contributed by atoms with E-state index in [1.807, 2.05) is 37.0 Å². The van der Waals surface area contributed by atoms with E-state index in [1.54, 1.807) is 0 Å². The third-order valence-corrected chi connectivity index (χ3v) is 13.9. The number of aryl methyl sites for hydroxylation is 2. The molecule has 0 aliphatic carbocycles. The second kappa shape index (κ2) is 22.2. The van der Waals surface area contributed by atoms with Crippen LogP contribution in [-0.4, -0.2) is 84.6 Å². The van der Waals surface area contributed by atoms with Gasteiger partial charge in [0.25, 0.3) is 5.91 Å². The number of esters is 1. The fourth-order valence-electron chi connectivity index (χ4n) is 10.4. The van der Waals surface area contributed by atoms with Gasteiger partial charge in [0.05, 0.1) is 16.7 Å². The first-order valence-electron chi connectivity index (χ1n) is 24.6. The van der Waals surface area contributed by atoms with Gasteiger partial charge >= 0.3 is 5.97 Å². The maximum absolute atomic E-state index is 14.0. The molecular weight excluding hydrogens is 835 g/mol. The number of hydrogen-bond acceptors (Lipinski definition) is 7. The van der Waals surface area contributed by atoms with Crippen LogP contribution in [0.1, 0.15) is 130 Å². The number of rotatable bonds is 13. The molecule has 1 saturated heterocycles. The minimum atomic E-state index is -0.417. The Morgan fingerprint density at radius 3 is 2.46 bits per heavy atom. The van der Waals surface area contributed by atoms with E-state index < -0.39 is 12.1 Å². The maximum atomic E-state index is 14.0. The van der Waals surface area contributed by atoms with Crippen LogP contribution in [0, 0.1) is 13.8 Å². The molecule has 1 atom stereocenters. The lowest BCUT2D eigenvalue weighted by Crippen LogP contribution is -2.37. The summed E-state index contributed by atoms with van der Waals surface area (Å²) < 4.78 is 8.54. The number of oxime groups is 1. The van der Waals surface area contributed by atoms with Gasteiger partial charge in [-0.3, -0.25) is 9.59 Å². The quantitative estimate of drug-likeness (QED) is 0.0602. The highest BCUT2D eigenvalue weighted by atomic mass is 16.6. The minimum absolute atomic E-state index is 0.0000432. The summed E-state index contributed by atoms with van der Waals surface area (Å²) >= 11 is 0. The van der Waals surface area contributed by atoms with Gasteiger partial charge in [0.15, 0.2) is 12.3 Å². The molecule has 354 valence electrons. The summed E-state index contributed by atoms with van der Waals surface area (Å²) in [6.07, 6.45) is 22.7. The molecule has 10 nitrogen and oxygen atoms in total. The number of anilines is 1. The molecule has 0 spiro atoms. The number of benzene rings is 3. The summed E-state index contributed by atoms with van der Waals surface area (Å²) in [5.41, 5.74) is 11.2. The average Bonchev–Trinajstić information content (AvgIpc) is 3.64. The van der Waals surface area contributed by atoms with Crippen molar-refractivity contribution in [3.63, 3.8) is 0 Å². The number of allylic oxidation sites excluding steroid dienone is 7. The summed E-state index contributed by atoms with van der Waals surface area (Å²) in [6, 6.07) is 21.3. The average molecular weight is 907 g/mol. The Bertz CT molecular complexity index is 2480. The Balaban J connectivity index is 0.943. The van der Waals surface area contributed by atoms with Crippen molar-refractivity contribution in [2.24, 2.45) is 5.16 Å². The van der Waals surface area contributed by atoms with Crippen molar-refractivity contribution in [3.05, 3.63) is 142 Å². The number of unbranched alkanes of at least 4 members (excludes halogenated alkanes) is 1. The van der Waals surface area contributed by atoms with Crippen LogP contribution >= 0.6 is 0 Å². The number of piperidine rings is 1. The van der Waals surface area contributed by atoms with Crippen LogP contribution in [0.25, 0.3) is 0 Å². The lowest BCUT2D eigenvalue weighted by Gasteiger charge is -2.27. The van der Waals surface area contributed by atoms with Gasteiger partial charge in [0, 0.05) is 86.4 Å². The first kappa shape index (κ1) is 48.9. The van der Waals surface area contributed by atoms with E-state index in [9.17, 15) is 14.4 Å². The molecule has 3 aromatic rings. The molecule has 4 heterocycles. The maximum Gasteiger partial charge on any atom is 0.338 e. The predicted octanol–water partition coefficient (Wildman–Crippen LogP) is 10.7. The van der Waals surface area contributed by atoms with Crippen LogP contribution in [0.5, 0.6) is 0 Å². The fraction of sp³-hybridized carbons (Fsp3) is 0.456. The standard InChI is InChI=1S/C57H71N5O5/c1-41-37-42(2)54-43(38-41)39-44(59-66-40-53(64)61-34-19-11-20-35-61)23-12-9-8-10-13-24-45(67-55(54)65)32-33-58-52(63)31-18-21-36-62-49-28-17-15-26-47(49)57(5,6)51(62)30-22-29-50-56(3,4)46-25-14-16-27-48(46)60(50)7/h10,12-17,22-23,25-30,37-38,45H,8-9,11,18-21,24,31-36,39-40H2,1-7H3/p+1/b13-10+,23-12+,59-44?. The van der Waals surface area contributed by atoms with Crippen LogP contribution < -0.4 is 10.2 Å². The smallest absolute Gasteiger partial charge is 0.338 e. The Kier molecular flexibility index (Phi) is 16.2. The van der Waals surface area contributed by atoms with Crippen molar-refractivity contribution < 1.29 is 28.5 Å². The molecular formula is C57H72N5O5+. The van der Waals surface area contributed by atoms with E-state index in [-0.39, 0.29) is 29.3 Å². The van der Waals surface area contributed by atoms with Gasteiger partial charge in [-0.2, -0.15) is 4.58 Å². The van der Waals surface area contributed by atoms with Crippen molar-refractivity contribution in [1.82, 2.24) is 10.2 Å². The first-order valence-corrected chi connectivity index (χ1v) is 24.6. The van der Waals surface area contributed by atoms with Gasteiger partial charge in [-0.05, 0) is 108 Å². The molecule has 0 saturated carbocycles. The number of cyclic esters (lactones) is 1. The zero-order valence-electron chi connectivity index (χ0n) is 41.0.